The molecule has 6 aromatic rings. The molecule has 6 nitrogen and oxygen atoms in total. The Morgan fingerprint density at radius 3 is 2.41 bits per heavy atom. The molecule has 0 saturated carbocycles. The summed E-state index contributed by atoms with van der Waals surface area (Å²) in [6.45, 7) is 3.83. The van der Waals surface area contributed by atoms with Crippen LogP contribution in [0.15, 0.2) is 97.5 Å². The van der Waals surface area contributed by atoms with E-state index in [0.717, 1.165) is 55.3 Å². The van der Waals surface area contributed by atoms with E-state index in [-0.39, 0.29) is 5.78 Å². The molecule has 0 aliphatic carbocycles. The van der Waals surface area contributed by atoms with Crippen molar-refractivity contribution in [1.29, 1.82) is 5.26 Å². The van der Waals surface area contributed by atoms with Crippen molar-refractivity contribution in [3.8, 4) is 28.5 Å². The quantitative estimate of drug-likeness (QED) is 0.198. The number of rotatable bonds is 7. The highest BCUT2D eigenvalue weighted by atomic mass is 16.1. The van der Waals surface area contributed by atoms with Crippen LogP contribution in [0.1, 0.15) is 41.8 Å². The highest BCUT2D eigenvalue weighted by Crippen LogP contribution is 2.36. The first kappa shape index (κ1) is 26.1. The Hall–Kier alpha value is -5.15. The molecule has 0 N–H and O–H groups in total. The molecule has 0 bridgehead atoms. The Balaban J connectivity index is 1.39. The second kappa shape index (κ2) is 10.4. The molecule has 0 unspecified atom stereocenters. The number of hydrogen-bond donors (Lipinski definition) is 0. The van der Waals surface area contributed by atoms with Crippen molar-refractivity contribution in [3.05, 3.63) is 114 Å². The molecule has 0 aliphatic rings. The van der Waals surface area contributed by atoms with Gasteiger partial charge in [-0.1, -0.05) is 60.7 Å². The molecule has 41 heavy (non-hydrogen) atoms. The maximum atomic E-state index is 13.0. The third kappa shape index (κ3) is 4.99. The Morgan fingerprint density at radius 2 is 1.66 bits per heavy atom. The van der Waals surface area contributed by atoms with Gasteiger partial charge in [-0.05, 0) is 55.2 Å². The van der Waals surface area contributed by atoms with Crippen molar-refractivity contribution in [2.24, 2.45) is 7.05 Å². The van der Waals surface area contributed by atoms with Gasteiger partial charge in [-0.2, -0.15) is 10.4 Å². The number of ketones is 1. The first-order valence-electron chi connectivity index (χ1n) is 13.6. The summed E-state index contributed by atoms with van der Waals surface area (Å²) < 4.78 is 1.85. The van der Waals surface area contributed by atoms with E-state index in [4.69, 9.17) is 10.1 Å². The van der Waals surface area contributed by atoms with Crippen molar-refractivity contribution >= 4 is 27.6 Å². The van der Waals surface area contributed by atoms with Gasteiger partial charge in [0, 0.05) is 53.3 Å². The lowest BCUT2D eigenvalue weighted by Gasteiger charge is -2.15. The van der Waals surface area contributed by atoms with E-state index in [2.05, 4.69) is 17.1 Å². The molecule has 0 spiro atoms. The molecule has 0 fully saturated rings. The highest BCUT2D eigenvalue weighted by molar-refractivity contribution is 6.12. The summed E-state index contributed by atoms with van der Waals surface area (Å²) in [5, 5.41) is 16.4. The number of fused-ring (bicyclic) bond motifs is 3. The van der Waals surface area contributed by atoms with Gasteiger partial charge in [-0.25, -0.2) is 0 Å². The predicted molar refractivity (Wildman–Crippen MR) is 162 cm³/mol. The predicted octanol–water partition coefficient (Wildman–Crippen LogP) is 7.47. The smallest absolute Gasteiger partial charge is 0.164 e. The first-order chi connectivity index (χ1) is 19.8. The number of pyridine rings is 2. The second-order valence-electron chi connectivity index (χ2n) is 10.9. The zero-order valence-corrected chi connectivity index (χ0v) is 23.3. The van der Waals surface area contributed by atoms with Gasteiger partial charge in [-0.3, -0.25) is 19.4 Å². The number of nitrogens with zero attached hydrogens (tertiary/aromatic N) is 5. The van der Waals surface area contributed by atoms with Gasteiger partial charge in [-0.15, -0.1) is 0 Å². The van der Waals surface area contributed by atoms with Crippen LogP contribution in [0.4, 0.5) is 0 Å². The fourth-order valence-electron chi connectivity index (χ4n) is 5.22. The molecule has 0 saturated heterocycles. The lowest BCUT2D eigenvalue weighted by Crippen LogP contribution is -2.13. The molecule has 0 amide bonds. The first-order valence-corrected chi connectivity index (χ1v) is 13.6. The van der Waals surface area contributed by atoms with E-state index in [9.17, 15) is 10.1 Å². The summed E-state index contributed by atoms with van der Waals surface area (Å²) in [6.07, 6.45) is 6.42. The minimum absolute atomic E-state index is 0.0746. The molecular weight excluding hydrogens is 506 g/mol. The number of nitriles is 1. The van der Waals surface area contributed by atoms with Gasteiger partial charge in [0.2, 0.25) is 0 Å². The standard InChI is InChI=1S/C35H29N5O/c1-35(2,22-36)28-13-10-24(11-14-28)34-33-29-18-25(12-15-30(29)38-21-31(33)40(3)39-34)26-17-27(20-37-19-26)32(41)16-9-23-7-5-4-6-8-23/h4-8,10-15,17-21H,9,16H2,1-3H3. The van der Waals surface area contributed by atoms with Gasteiger partial charge in [0.1, 0.15) is 5.69 Å². The van der Waals surface area contributed by atoms with Crippen LogP contribution in [-0.2, 0) is 18.9 Å². The number of benzene rings is 3. The summed E-state index contributed by atoms with van der Waals surface area (Å²) in [6, 6.07) is 28.5. The highest BCUT2D eigenvalue weighted by Gasteiger charge is 2.21. The summed E-state index contributed by atoms with van der Waals surface area (Å²) in [4.78, 5) is 22.1. The maximum Gasteiger partial charge on any atom is 0.164 e. The van der Waals surface area contributed by atoms with Crippen molar-refractivity contribution in [1.82, 2.24) is 19.7 Å². The molecule has 200 valence electrons. The lowest BCUT2D eigenvalue weighted by atomic mass is 9.86. The Bertz CT molecular complexity index is 1950. The monoisotopic (exact) mass is 535 g/mol. The maximum absolute atomic E-state index is 13.0. The van der Waals surface area contributed by atoms with Crippen LogP contribution in [0.25, 0.3) is 44.2 Å². The van der Waals surface area contributed by atoms with Gasteiger partial charge in [0.25, 0.3) is 0 Å². The number of aryl methyl sites for hydroxylation is 2. The fraction of sp³-hybridized carbons (Fsp3) is 0.171. The third-order valence-corrected chi connectivity index (χ3v) is 7.72. The Labute approximate surface area is 238 Å². The molecule has 3 heterocycles. The fourth-order valence-corrected chi connectivity index (χ4v) is 5.22. The molecule has 0 atom stereocenters. The Morgan fingerprint density at radius 1 is 0.902 bits per heavy atom. The van der Waals surface area contributed by atoms with Crippen LogP contribution < -0.4 is 0 Å². The van der Waals surface area contributed by atoms with Crippen LogP contribution >= 0.6 is 0 Å². The van der Waals surface area contributed by atoms with Crippen LogP contribution in [0.2, 0.25) is 0 Å². The topological polar surface area (TPSA) is 84.5 Å². The van der Waals surface area contributed by atoms with Gasteiger partial charge >= 0.3 is 0 Å². The largest absolute Gasteiger partial charge is 0.294 e. The molecule has 0 aliphatic heterocycles. The van der Waals surface area contributed by atoms with Crippen molar-refractivity contribution in [2.75, 3.05) is 0 Å². The molecular formula is C35H29N5O. The van der Waals surface area contributed by atoms with E-state index < -0.39 is 5.41 Å². The van der Waals surface area contributed by atoms with Crippen LogP contribution in [0.3, 0.4) is 0 Å². The molecule has 6 rings (SSSR count). The SMILES string of the molecule is Cn1nc(-c2ccc(C(C)(C)C#N)cc2)c2c3cc(-c4cncc(C(=O)CCc5ccccc5)c4)ccc3ncc21. The van der Waals surface area contributed by atoms with Crippen molar-refractivity contribution < 1.29 is 4.79 Å². The minimum Gasteiger partial charge on any atom is -0.294 e. The average molecular weight is 536 g/mol. The summed E-state index contributed by atoms with van der Waals surface area (Å²) in [5.41, 5.74) is 7.60. The van der Waals surface area contributed by atoms with E-state index in [1.165, 1.54) is 0 Å². The molecule has 3 aromatic carbocycles. The van der Waals surface area contributed by atoms with Gasteiger partial charge in [0.15, 0.2) is 5.78 Å². The normalized spacial score (nSPS) is 11.6. The van der Waals surface area contributed by atoms with Gasteiger partial charge < -0.3 is 0 Å². The molecule has 6 heteroatoms. The van der Waals surface area contributed by atoms with Gasteiger partial charge in [0.05, 0.1) is 28.7 Å². The van der Waals surface area contributed by atoms with Crippen LogP contribution in [0.5, 0.6) is 0 Å². The lowest BCUT2D eigenvalue weighted by molar-refractivity contribution is 0.0982. The van der Waals surface area contributed by atoms with E-state index in [1.54, 1.807) is 12.4 Å². The number of carbonyl (C=O) groups is 1. The van der Waals surface area contributed by atoms with Crippen molar-refractivity contribution in [2.45, 2.75) is 32.1 Å². The second-order valence-corrected chi connectivity index (χ2v) is 10.9. The summed E-state index contributed by atoms with van der Waals surface area (Å²) >= 11 is 0. The van der Waals surface area contributed by atoms with Crippen molar-refractivity contribution in [3.63, 3.8) is 0 Å². The van der Waals surface area contributed by atoms with E-state index >= 15 is 0 Å². The van der Waals surface area contributed by atoms with Crippen LogP contribution in [-0.4, -0.2) is 25.5 Å². The summed E-state index contributed by atoms with van der Waals surface area (Å²) in [7, 11) is 1.92. The Kier molecular flexibility index (Phi) is 6.64. The molecule has 0 radical (unpaired) electrons. The number of aromatic nitrogens is 4. The van der Waals surface area contributed by atoms with Crippen LogP contribution in [0, 0.1) is 11.3 Å². The van der Waals surface area contributed by atoms with E-state index in [1.807, 2.05) is 105 Å². The number of hydrogen-bond acceptors (Lipinski definition) is 5. The number of carbonyl (C=O) groups excluding carboxylic acids is 1. The minimum atomic E-state index is -0.568. The third-order valence-electron chi connectivity index (χ3n) is 7.72. The zero-order chi connectivity index (χ0) is 28.6. The molecule has 3 aromatic heterocycles. The summed E-state index contributed by atoms with van der Waals surface area (Å²) in [5.74, 6) is 0.0746. The number of Topliss-reactive ketones (excluding diaryl/α,β-unsaturated/α-hetero) is 1. The van der Waals surface area contributed by atoms with E-state index in [0.29, 0.717) is 18.4 Å². The average Bonchev–Trinajstić information content (AvgIpc) is 3.36. The zero-order valence-electron chi connectivity index (χ0n) is 23.3.